The molecule has 4 aliphatic heterocycles. The summed E-state index contributed by atoms with van der Waals surface area (Å²) in [6.45, 7) is 11.1. The largest absolute Gasteiger partial charge is 0.458 e. The number of esters is 1. The van der Waals surface area contributed by atoms with E-state index in [1.807, 2.05) is 0 Å². The van der Waals surface area contributed by atoms with Gasteiger partial charge >= 0.3 is 5.97 Å². The Labute approximate surface area is 380 Å². The Morgan fingerprint density at radius 3 is 1.98 bits per heavy atom. The molecule has 25 unspecified atom stereocenters. The molecule has 0 aromatic rings. The summed E-state index contributed by atoms with van der Waals surface area (Å²) in [6, 6.07) is 0. The van der Waals surface area contributed by atoms with Crippen molar-refractivity contribution in [2.24, 2.45) is 40.4 Å². The van der Waals surface area contributed by atoms with Crippen molar-refractivity contribution < 1.29 is 88.3 Å². The van der Waals surface area contributed by atoms with Crippen molar-refractivity contribution in [2.75, 3.05) is 20.3 Å². The average Bonchev–Trinajstić information content (AvgIpc) is 3.81. The minimum Gasteiger partial charge on any atom is -0.458 e. The van der Waals surface area contributed by atoms with Gasteiger partial charge in [-0.25, -0.2) is 4.79 Å². The van der Waals surface area contributed by atoms with Crippen LogP contribution in [0.2, 0.25) is 0 Å². The Hall–Kier alpha value is -1.76. The van der Waals surface area contributed by atoms with Crippen LogP contribution >= 0.6 is 0 Å². The zero-order chi connectivity index (χ0) is 47.1. The summed E-state index contributed by atoms with van der Waals surface area (Å²) in [5.41, 5.74) is -0.561. The normalized spacial score (nSPS) is 53.4. The third kappa shape index (κ3) is 8.69. The van der Waals surface area contributed by atoms with E-state index in [1.165, 1.54) is 26.5 Å². The molecule has 3 saturated carbocycles. The summed E-state index contributed by atoms with van der Waals surface area (Å²) in [6.07, 6.45) is -15.4. The van der Waals surface area contributed by atoms with Crippen LogP contribution in [0.15, 0.2) is 11.6 Å². The first-order valence-electron chi connectivity index (χ1n) is 23.7. The first-order chi connectivity index (χ1) is 30.7. The lowest BCUT2D eigenvalue weighted by Crippen LogP contribution is -2.66. The molecule has 0 aromatic heterocycles. The van der Waals surface area contributed by atoms with Gasteiger partial charge in [0.2, 0.25) is 5.72 Å². The molecule has 0 bridgehead atoms. The summed E-state index contributed by atoms with van der Waals surface area (Å²) in [4.78, 5) is 27.3. The van der Waals surface area contributed by atoms with E-state index >= 15 is 0 Å². The van der Waals surface area contributed by atoms with Crippen molar-refractivity contribution in [3.05, 3.63) is 11.6 Å². The van der Waals surface area contributed by atoms with Gasteiger partial charge in [-0.1, -0.05) is 32.4 Å². The molecule has 9 N–H and O–H groups in total. The molecule has 0 amide bonds. The predicted molar refractivity (Wildman–Crippen MR) is 224 cm³/mol. The molecule has 0 spiro atoms. The Morgan fingerprint density at radius 2 is 1.42 bits per heavy atom. The lowest BCUT2D eigenvalue weighted by molar-refractivity contribution is -0.388. The Kier molecular flexibility index (Phi) is 14.4. The van der Waals surface area contributed by atoms with Gasteiger partial charge in [-0.15, -0.1) is 0 Å². The van der Waals surface area contributed by atoms with E-state index < -0.39 is 129 Å². The number of rotatable bonds is 11. The van der Waals surface area contributed by atoms with Gasteiger partial charge < -0.3 is 78.7 Å². The molecule has 4 saturated heterocycles. The molecule has 370 valence electrons. The molecule has 4 aliphatic carbocycles. The number of ether oxygens (including phenoxy) is 8. The Morgan fingerprint density at radius 1 is 0.785 bits per heavy atom. The molecule has 8 rings (SSSR count). The lowest BCUT2D eigenvalue weighted by Gasteiger charge is -2.58. The maximum atomic E-state index is 13.8. The maximum absolute atomic E-state index is 13.8. The van der Waals surface area contributed by atoms with E-state index in [9.17, 15) is 50.4 Å². The number of carbonyl (C=O) groups excluding carboxylic acids is 2. The third-order valence-corrected chi connectivity index (χ3v) is 17.1. The van der Waals surface area contributed by atoms with Crippen LogP contribution in [0.4, 0.5) is 0 Å². The number of ketones is 1. The molecule has 4 heterocycles. The molecule has 0 radical (unpaired) electrons. The van der Waals surface area contributed by atoms with Crippen molar-refractivity contribution in [2.45, 2.75) is 203 Å². The number of fused-ring (bicyclic) bond motifs is 5. The number of aliphatic hydroxyl groups excluding tert-OH is 8. The fraction of sp³-hybridized carbons (Fsp3) is 0.913. The smallest absolute Gasteiger partial charge is 0.354 e. The number of methoxy groups -OCH3 is 1. The van der Waals surface area contributed by atoms with Gasteiger partial charge in [0.15, 0.2) is 18.9 Å². The molecule has 7 fully saturated rings. The quantitative estimate of drug-likeness (QED) is 0.0936. The van der Waals surface area contributed by atoms with E-state index in [2.05, 4.69) is 32.2 Å². The van der Waals surface area contributed by atoms with E-state index in [1.54, 1.807) is 6.92 Å². The molecule has 19 heteroatoms. The first-order valence-corrected chi connectivity index (χ1v) is 23.7. The molecule has 65 heavy (non-hydrogen) atoms. The molecular weight excluding hydrogens is 854 g/mol. The number of carbonyl (C=O) groups is 2. The summed E-state index contributed by atoms with van der Waals surface area (Å²) >= 11 is 0. The van der Waals surface area contributed by atoms with Gasteiger partial charge in [0.25, 0.3) is 0 Å². The first kappa shape index (κ1) is 49.7. The van der Waals surface area contributed by atoms with E-state index in [0.717, 1.165) is 25.7 Å². The second-order valence-corrected chi connectivity index (χ2v) is 21.1. The zero-order valence-electron chi connectivity index (χ0n) is 38.5. The fourth-order valence-corrected chi connectivity index (χ4v) is 13.4. The van der Waals surface area contributed by atoms with Crippen molar-refractivity contribution in [1.29, 1.82) is 0 Å². The topological polar surface area (TPSA) is 282 Å². The van der Waals surface area contributed by atoms with Crippen molar-refractivity contribution >= 4 is 11.8 Å². The third-order valence-electron chi connectivity index (χ3n) is 17.1. The molecule has 0 aromatic carbocycles. The lowest BCUT2D eigenvalue weighted by atomic mass is 9.47. The number of allylic oxidation sites excluding steroid dienone is 1. The summed E-state index contributed by atoms with van der Waals surface area (Å²) < 4.78 is 48.5. The Balaban J connectivity index is 0.999. The van der Waals surface area contributed by atoms with Crippen molar-refractivity contribution in [3.8, 4) is 0 Å². The molecule has 25 atom stereocenters. The second-order valence-electron chi connectivity index (χ2n) is 21.1. The highest BCUT2D eigenvalue weighted by Crippen LogP contribution is 2.67. The minimum absolute atomic E-state index is 0.0287. The van der Waals surface area contributed by atoms with E-state index in [-0.39, 0.29) is 34.4 Å². The van der Waals surface area contributed by atoms with Crippen LogP contribution in [0, 0.1) is 40.4 Å². The van der Waals surface area contributed by atoms with Gasteiger partial charge in [0.1, 0.15) is 72.9 Å². The maximum Gasteiger partial charge on any atom is 0.354 e. The van der Waals surface area contributed by atoms with Crippen LogP contribution in [0.1, 0.15) is 92.9 Å². The van der Waals surface area contributed by atoms with Crippen LogP contribution in [-0.2, 0) is 47.5 Å². The fourth-order valence-electron chi connectivity index (χ4n) is 13.4. The monoisotopic (exact) mass is 927 g/mol. The second kappa shape index (κ2) is 18.9. The number of Topliss-reactive ketones (excluding diaryl/α,β-unsaturated/α-hetero) is 1. The van der Waals surface area contributed by atoms with Crippen LogP contribution in [0.5, 0.6) is 0 Å². The number of hydrogen-bond acceptors (Lipinski definition) is 19. The number of hydrogen-bond donors (Lipinski definition) is 9. The van der Waals surface area contributed by atoms with Crippen molar-refractivity contribution in [3.63, 3.8) is 0 Å². The molecular formula is C46H73NO18. The Bertz CT molecular complexity index is 1760. The minimum atomic E-state index is -1.75. The summed E-state index contributed by atoms with van der Waals surface area (Å²) in [5.74, 6) is 0.0493. The molecule has 19 nitrogen and oxygen atoms in total. The highest BCUT2D eigenvalue weighted by Gasteiger charge is 2.64. The van der Waals surface area contributed by atoms with E-state index in [0.29, 0.717) is 38.1 Å². The van der Waals surface area contributed by atoms with Crippen LogP contribution in [0.3, 0.4) is 0 Å². The van der Waals surface area contributed by atoms with Gasteiger partial charge in [-0.05, 0) is 100 Å². The van der Waals surface area contributed by atoms with Crippen LogP contribution in [0.25, 0.3) is 0 Å². The van der Waals surface area contributed by atoms with Gasteiger partial charge in [0.05, 0.1) is 30.8 Å². The molecule has 8 aliphatic rings. The average molecular weight is 928 g/mol. The SMILES string of the molecule is COC1(C(=O)OC2CC3C4CC=C5CC(OC6OC(CO)C(OC7OC(C)C(O)C(O)C7O)C(O)C6OC6OC(C)C(O)C(O)C6O)CCC5(C)C4CCC3(C)C2C(C)=O)CC(C)CN1. The number of nitrogens with one attached hydrogen (secondary N) is 1. The summed E-state index contributed by atoms with van der Waals surface area (Å²) in [5, 5.41) is 89.2. The van der Waals surface area contributed by atoms with Gasteiger partial charge in [-0.2, -0.15) is 0 Å². The predicted octanol–water partition coefficient (Wildman–Crippen LogP) is -0.463. The van der Waals surface area contributed by atoms with Crippen molar-refractivity contribution in [1.82, 2.24) is 5.32 Å². The highest BCUT2D eigenvalue weighted by atomic mass is 16.8. The van der Waals surface area contributed by atoms with Crippen LogP contribution < -0.4 is 5.32 Å². The summed E-state index contributed by atoms with van der Waals surface area (Å²) in [7, 11) is 1.51. The standard InChI is InChI=1S/C46H73NO18/c1-19-16-46(58-7,47-17-19)43(57)63-28-15-27-25-9-8-23-14-24(10-12-44(23,5)26(25)11-13-45(27,6)30(28)20(2)49)61-42-39(65-41-36(55)34(53)32(51)22(4)60-41)37(56)38(29(18-48)62-42)64-40-35(54)33(52)31(50)21(3)59-40/h8,19,21-22,24-42,47-48,50-56H,9-18H2,1-7H3. The van der Waals surface area contributed by atoms with Gasteiger partial charge in [0, 0.05) is 20.1 Å². The van der Waals surface area contributed by atoms with Gasteiger partial charge in [-0.3, -0.25) is 10.1 Å². The highest BCUT2D eigenvalue weighted by molar-refractivity contribution is 5.83. The van der Waals surface area contributed by atoms with Crippen LogP contribution in [-0.4, -0.2) is 183 Å². The zero-order valence-corrected chi connectivity index (χ0v) is 38.5. The van der Waals surface area contributed by atoms with E-state index in [4.69, 9.17) is 37.9 Å². The number of aliphatic hydroxyl groups is 8.